The lowest BCUT2D eigenvalue weighted by Gasteiger charge is -2.27. The van der Waals surface area contributed by atoms with E-state index in [0.29, 0.717) is 5.92 Å². The van der Waals surface area contributed by atoms with Gasteiger partial charge in [0.15, 0.2) is 0 Å². The van der Waals surface area contributed by atoms with E-state index in [1.807, 2.05) is 18.2 Å². The average Bonchev–Trinajstić information content (AvgIpc) is 2.48. The number of para-hydroxylation sites is 1. The van der Waals surface area contributed by atoms with Gasteiger partial charge in [0.05, 0.1) is 12.8 Å². The first-order valence-corrected chi connectivity index (χ1v) is 6.58. The van der Waals surface area contributed by atoms with Crippen LogP contribution in [0.3, 0.4) is 0 Å². The van der Waals surface area contributed by atoms with Gasteiger partial charge in [-0.2, -0.15) is 10.2 Å². The molecule has 0 saturated heterocycles. The third-order valence-electron chi connectivity index (χ3n) is 3.66. The molecule has 0 aliphatic carbocycles. The molecule has 0 spiro atoms. The highest BCUT2D eigenvalue weighted by molar-refractivity contribution is 5.38. The molecule has 4 heteroatoms. The predicted molar refractivity (Wildman–Crippen MR) is 72.9 cm³/mol. The van der Waals surface area contributed by atoms with Crippen LogP contribution in [-0.2, 0) is 0 Å². The maximum atomic E-state index is 6.27. The van der Waals surface area contributed by atoms with Crippen molar-refractivity contribution in [2.75, 3.05) is 6.61 Å². The van der Waals surface area contributed by atoms with Gasteiger partial charge in [-0.15, -0.1) is 0 Å². The van der Waals surface area contributed by atoms with Gasteiger partial charge in [-0.25, -0.2) is 0 Å². The average molecular weight is 255 g/mol. The van der Waals surface area contributed by atoms with Crippen LogP contribution in [0, 0.1) is 0 Å². The van der Waals surface area contributed by atoms with Gasteiger partial charge >= 0.3 is 0 Å². The van der Waals surface area contributed by atoms with Crippen LogP contribution in [0.5, 0.6) is 5.75 Å². The zero-order valence-corrected chi connectivity index (χ0v) is 10.7. The molecular formula is C15H17N3O. The molecule has 19 heavy (non-hydrogen) atoms. The molecule has 4 nitrogen and oxygen atoms in total. The minimum Gasteiger partial charge on any atom is -0.493 e. The van der Waals surface area contributed by atoms with Crippen molar-refractivity contribution in [1.29, 1.82) is 0 Å². The highest BCUT2D eigenvalue weighted by atomic mass is 16.5. The van der Waals surface area contributed by atoms with E-state index < -0.39 is 0 Å². The molecule has 1 aliphatic heterocycles. The van der Waals surface area contributed by atoms with Crippen LogP contribution >= 0.6 is 0 Å². The lowest BCUT2D eigenvalue weighted by molar-refractivity contribution is 0.259. The standard InChI is InChI=1S/C15H17N3O/c16-14(12-5-7-17-18-10-12)9-11-6-8-19-15-4-2-1-3-13(11)15/h1-5,7,10-11,14H,6,8-9,16H2. The number of hydrogen-bond acceptors (Lipinski definition) is 4. The van der Waals surface area contributed by atoms with E-state index in [1.54, 1.807) is 12.4 Å². The van der Waals surface area contributed by atoms with Crippen molar-refractivity contribution >= 4 is 0 Å². The molecule has 1 aromatic carbocycles. The summed E-state index contributed by atoms with van der Waals surface area (Å²) in [7, 11) is 0. The fourth-order valence-electron chi connectivity index (χ4n) is 2.62. The van der Waals surface area contributed by atoms with Crippen molar-refractivity contribution < 1.29 is 4.74 Å². The number of aromatic nitrogens is 2. The Labute approximate surface area is 112 Å². The summed E-state index contributed by atoms with van der Waals surface area (Å²) in [6, 6.07) is 10.2. The second-order valence-electron chi connectivity index (χ2n) is 4.89. The van der Waals surface area contributed by atoms with Crippen molar-refractivity contribution in [2.45, 2.75) is 24.8 Å². The molecule has 2 atom stereocenters. The van der Waals surface area contributed by atoms with E-state index in [4.69, 9.17) is 10.5 Å². The molecule has 0 radical (unpaired) electrons. The SMILES string of the molecule is NC(CC1CCOc2ccccc21)c1ccnnc1. The Hall–Kier alpha value is -1.94. The second-order valence-corrected chi connectivity index (χ2v) is 4.89. The molecule has 0 amide bonds. The molecule has 2 aromatic rings. The Bertz CT molecular complexity index is 544. The molecular weight excluding hydrogens is 238 g/mol. The number of ether oxygens (including phenoxy) is 1. The Kier molecular flexibility index (Phi) is 3.42. The van der Waals surface area contributed by atoms with Crippen LogP contribution in [-0.4, -0.2) is 16.8 Å². The van der Waals surface area contributed by atoms with Gasteiger partial charge in [0, 0.05) is 12.2 Å². The molecule has 2 N–H and O–H groups in total. The van der Waals surface area contributed by atoms with Gasteiger partial charge in [-0.1, -0.05) is 18.2 Å². The number of fused-ring (bicyclic) bond motifs is 1. The first-order valence-electron chi connectivity index (χ1n) is 6.58. The minimum atomic E-state index is -0.00773. The molecule has 2 unspecified atom stereocenters. The summed E-state index contributed by atoms with van der Waals surface area (Å²) in [5.41, 5.74) is 8.58. The first kappa shape index (κ1) is 12.1. The first-order chi connectivity index (χ1) is 9.34. The Balaban J connectivity index is 1.78. The minimum absolute atomic E-state index is 0.00773. The van der Waals surface area contributed by atoms with Crippen LogP contribution in [0.4, 0.5) is 0 Å². The summed E-state index contributed by atoms with van der Waals surface area (Å²) in [6.07, 6.45) is 5.36. The van der Waals surface area contributed by atoms with Crippen LogP contribution < -0.4 is 10.5 Å². The molecule has 98 valence electrons. The molecule has 3 rings (SSSR count). The van der Waals surface area contributed by atoms with Crippen LogP contribution in [0.2, 0.25) is 0 Å². The Morgan fingerprint density at radius 2 is 2.16 bits per heavy atom. The van der Waals surface area contributed by atoms with Crippen molar-refractivity contribution in [3.63, 3.8) is 0 Å². The van der Waals surface area contributed by atoms with Crippen molar-refractivity contribution in [1.82, 2.24) is 10.2 Å². The fourth-order valence-corrected chi connectivity index (χ4v) is 2.62. The molecule has 0 fully saturated rings. The number of benzene rings is 1. The third-order valence-corrected chi connectivity index (χ3v) is 3.66. The second kappa shape index (κ2) is 5.36. The quantitative estimate of drug-likeness (QED) is 0.915. The zero-order chi connectivity index (χ0) is 13.1. The van der Waals surface area contributed by atoms with Gasteiger partial charge in [0.2, 0.25) is 0 Å². The highest BCUT2D eigenvalue weighted by Crippen LogP contribution is 2.37. The zero-order valence-electron chi connectivity index (χ0n) is 10.7. The van der Waals surface area contributed by atoms with Gasteiger partial charge in [0.1, 0.15) is 5.75 Å². The number of nitrogens with zero attached hydrogens (tertiary/aromatic N) is 2. The Morgan fingerprint density at radius 1 is 1.26 bits per heavy atom. The van der Waals surface area contributed by atoms with Crippen LogP contribution in [0.15, 0.2) is 42.7 Å². The van der Waals surface area contributed by atoms with Gasteiger partial charge in [-0.3, -0.25) is 0 Å². The number of nitrogens with two attached hydrogens (primary N) is 1. The van der Waals surface area contributed by atoms with Crippen molar-refractivity contribution in [3.8, 4) is 5.75 Å². The summed E-state index contributed by atoms with van der Waals surface area (Å²) in [5, 5.41) is 7.67. The summed E-state index contributed by atoms with van der Waals surface area (Å²) >= 11 is 0. The summed E-state index contributed by atoms with van der Waals surface area (Å²) in [4.78, 5) is 0. The molecule has 0 bridgehead atoms. The smallest absolute Gasteiger partial charge is 0.122 e. The topological polar surface area (TPSA) is 61.0 Å². The van der Waals surface area contributed by atoms with E-state index in [9.17, 15) is 0 Å². The van der Waals surface area contributed by atoms with E-state index in [0.717, 1.165) is 30.8 Å². The fraction of sp³-hybridized carbons (Fsp3) is 0.333. The third kappa shape index (κ3) is 2.58. The van der Waals surface area contributed by atoms with Gasteiger partial charge in [0.25, 0.3) is 0 Å². The monoisotopic (exact) mass is 255 g/mol. The Morgan fingerprint density at radius 3 is 3.00 bits per heavy atom. The van der Waals surface area contributed by atoms with E-state index in [2.05, 4.69) is 22.3 Å². The van der Waals surface area contributed by atoms with Crippen molar-refractivity contribution in [2.24, 2.45) is 5.73 Å². The highest BCUT2D eigenvalue weighted by Gasteiger charge is 2.23. The normalized spacial score (nSPS) is 19.3. The molecule has 1 aliphatic rings. The molecule has 0 saturated carbocycles. The maximum absolute atomic E-state index is 6.27. The largest absolute Gasteiger partial charge is 0.493 e. The molecule has 2 heterocycles. The molecule has 1 aromatic heterocycles. The number of hydrogen-bond donors (Lipinski definition) is 1. The predicted octanol–water partition coefficient (Wildman–Crippen LogP) is 2.43. The summed E-state index contributed by atoms with van der Waals surface area (Å²) < 4.78 is 5.68. The maximum Gasteiger partial charge on any atom is 0.122 e. The van der Waals surface area contributed by atoms with E-state index in [1.165, 1.54) is 5.56 Å². The number of rotatable bonds is 3. The van der Waals surface area contributed by atoms with Gasteiger partial charge in [-0.05, 0) is 42.0 Å². The van der Waals surface area contributed by atoms with Crippen LogP contribution in [0.25, 0.3) is 0 Å². The lowest BCUT2D eigenvalue weighted by Crippen LogP contribution is -2.20. The van der Waals surface area contributed by atoms with E-state index in [-0.39, 0.29) is 6.04 Å². The summed E-state index contributed by atoms with van der Waals surface area (Å²) in [5.74, 6) is 1.45. The van der Waals surface area contributed by atoms with Crippen LogP contribution in [0.1, 0.15) is 35.9 Å². The lowest BCUT2D eigenvalue weighted by atomic mass is 9.86. The van der Waals surface area contributed by atoms with Gasteiger partial charge < -0.3 is 10.5 Å². The van der Waals surface area contributed by atoms with Crippen molar-refractivity contribution in [3.05, 3.63) is 53.9 Å². The summed E-state index contributed by atoms with van der Waals surface area (Å²) in [6.45, 7) is 0.767. The van der Waals surface area contributed by atoms with E-state index >= 15 is 0 Å².